The summed E-state index contributed by atoms with van der Waals surface area (Å²) in [4.78, 5) is 39.6. The number of carbonyl (C=O) groups excluding carboxylic acids is 3. The summed E-state index contributed by atoms with van der Waals surface area (Å²) >= 11 is 0. The molecule has 146 valence electrons. The molecule has 1 aromatic rings. The van der Waals surface area contributed by atoms with E-state index in [-0.39, 0.29) is 17.8 Å². The Balaban J connectivity index is 1.51. The molecule has 2 heterocycles. The number of likely N-dealkylation sites (N-methyl/N-ethyl adjacent to an activating group) is 1. The van der Waals surface area contributed by atoms with E-state index in [1.54, 1.807) is 7.05 Å². The summed E-state index contributed by atoms with van der Waals surface area (Å²) in [5.41, 5.74) is 1.62. The molecule has 3 rings (SSSR count). The summed E-state index contributed by atoms with van der Waals surface area (Å²) in [7, 11) is 1.61. The second kappa shape index (κ2) is 8.88. The van der Waals surface area contributed by atoms with Crippen LogP contribution in [0.15, 0.2) is 24.3 Å². The first-order chi connectivity index (χ1) is 13.0. The number of carbonyl (C=O) groups is 3. The first-order valence-corrected chi connectivity index (χ1v) is 9.68. The fraction of sp³-hybridized carbons (Fsp3) is 0.550. The van der Waals surface area contributed by atoms with Gasteiger partial charge in [0.25, 0.3) is 0 Å². The molecule has 0 aliphatic carbocycles. The van der Waals surface area contributed by atoms with E-state index in [2.05, 4.69) is 10.6 Å². The molecule has 0 radical (unpaired) electrons. The lowest BCUT2D eigenvalue weighted by molar-refractivity contribution is -0.128. The van der Waals surface area contributed by atoms with Gasteiger partial charge in [0.15, 0.2) is 0 Å². The molecule has 1 atom stereocenters. The normalized spacial score (nSPS) is 19.9. The van der Waals surface area contributed by atoms with Crippen LogP contribution in [-0.2, 0) is 16.0 Å². The highest BCUT2D eigenvalue weighted by Gasteiger charge is 2.28. The average Bonchev–Trinajstić information content (AvgIpc) is 3.08. The zero-order chi connectivity index (χ0) is 19.2. The fourth-order valence-corrected chi connectivity index (χ4v) is 3.79. The van der Waals surface area contributed by atoms with E-state index in [1.165, 1.54) is 0 Å². The van der Waals surface area contributed by atoms with Crippen molar-refractivity contribution >= 4 is 23.5 Å². The standard InChI is InChI=1S/C20H28N4O3/c1-21-18(25)12-15-6-8-17(9-7-15)22-20(27)24-11-2-4-16(14-24)13-23-10-3-5-19(23)26/h6-9,16H,2-5,10-14H2,1H3,(H,21,25)(H,22,27)/t16-/m0/s1. The van der Waals surface area contributed by atoms with Gasteiger partial charge in [-0.15, -0.1) is 0 Å². The Hall–Kier alpha value is -2.57. The van der Waals surface area contributed by atoms with Crippen molar-refractivity contribution in [2.24, 2.45) is 5.92 Å². The first kappa shape index (κ1) is 19.2. The maximum Gasteiger partial charge on any atom is 0.321 e. The number of hydrogen-bond acceptors (Lipinski definition) is 3. The van der Waals surface area contributed by atoms with Gasteiger partial charge in [-0.05, 0) is 42.9 Å². The predicted octanol–water partition coefficient (Wildman–Crippen LogP) is 1.84. The second-order valence-electron chi connectivity index (χ2n) is 7.37. The van der Waals surface area contributed by atoms with Crippen LogP contribution in [-0.4, -0.2) is 60.9 Å². The second-order valence-corrected chi connectivity index (χ2v) is 7.37. The number of nitrogens with zero attached hydrogens (tertiary/aromatic N) is 2. The molecule has 4 amide bonds. The lowest BCUT2D eigenvalue weighted by Crippen LogP contribution is -2.45. The van der Waals surface area contributed by atoms with Gasteiger partial charge in [-0.1, -0.05) is 12.1 Å². The Morgan fingerprint density at radius 3 is 2.59 bits per heavy atom. The number of amides is 4. The molecule has 27 heavy (non-hydrogen) atoms. The maximum absolute atomic E-state index is 12.6. The van der Waals surface area contributed by atoms with Gasteiger partial charge >= 0.3 is 6.03 Å². The molecule has 7 heteroatoms. The van der Waals surface area contributed by atoms with Crippen molar-refractivity contribution in [3.63, 3.8) is 0 Å². The van der Waals surface area contributed by atoms with Crippen LogP contribution < -0.4 is 10.6 Å². The molecule has 2 saturated heterocycles. The molecular formula is C20H28N4O3. The highest BCUT2D eigenvalue weighted by Crippen LogP contribution is 2.21. The van der Waals surface area contributed by atoms with Crippen molar-refractivity contribution in [3.05, 3.63) is 29.8 Å². The number of hydrogen-bond donors (Lipinski definition) is 2. The summed E-state index contributed by atoms with van der Waals surface area (Å²) in [6, 6.07) is 7.23. The molecule has 0 spiro atoms. The van der Waals surface area contributed by atoms with Gasteiger partial charge in [0.2, 0.25) is 11.8 Å². The third kappa shape index (κ3) is 5.21. The smallest absolute Gasteiger partial charge is 0.321 e. The predicted molar refractivity (Wildman–Crippen MR) is 103 cm³/mol. The van der Waals surface area contributed by atoms with Gasteiger partial charge in [-0.2, -0.15) is 0 Å². The number of anilines is 1. The van der Waals surface area contributed by atoms with E-state index >= 15 is 0 Å². The Labute approximate surface area is 160 Å². The number of rotatable bonds is 5. The monoisotopic (exact) mass is 372 g/mol. The molecule has 0 aromatic heterocycles. The molecular weight excluding hydrogens is 344 g/mol. The first-order valence-electron chi connectivity index (χ1n) is 9.68. The highest BCUT2D eigenvalue weighted by atomic mass is 16.2. The van der Waals surface area contributed by atoms with Crippen molar-refractivity contribution in [1.82, 2.24) is 15.1 Å². The van der Waals surface area contributed by atoms with Gasteiger partial charge < -0.3 is 20.4 Å². The Morgan fingerprint density at radius 1 is 1.15 bits per heavy atom. The van der Waals surface area contributed by atoms with Crippen LogP contribution in [0.2, 0.25) is 0 Å². The molecule has 2 N–H and O–H groups in total. The van der Waals surface area contributed by atoms with E-state index < -0.39 is 0 Å². The SMILES string of the molecule is CNC(=O)Cc1ccc(NC(=O)N2CCC[C@@H](CN3CCCC3=O)C2)cc1. The topological polar surface area (TPSA) is 81.8 Å². The van der Waals surface area contributed by atoms with Gasteiger partial charge in [0, 0.05) is 45.3 Å². The van der Waals surface area contributed by atoms with Crippen molar-refractivity contribution in [2.75, 3.05) is 38.5 Å². The van der Waals surface area contributed by atoms with Crippen molar-refractivity contribution < 1.29 is 14.4 Å². The van der Waals surface area contributed by atoms with E-state index in [1.807, 2.05) is 34.1 Å². The number of benzene rings is 1. The van der Waals surface area contributed by atoms with Gasteiger partial charge in [0.05, 0.1) is 6.42 Å². The lowest BCUT2D eigenvalue weighted by atomic mass is 9.97. The van der Waals surface area contributed by atoms with Crippen LogP contribution >= 0.6 is 0 Å². The van der Waals surface area contributed by atoms with Gasteiger partial charge in [-0.25, -0.2) is 4.79 Å². The molecule has 2 aliphatic rings. The molecule has 0 saturated carbocycles. The fourth-order valence-electron chi connectivity index (χ4n) is 3.79. The molecule has 0 bridgehead atoms. The lowest BCUT2D eigenvalue weighted by Gasteiger charge is -2.34. The number of likely N-dealkylation sites (tertiary alicyclic amines) is 2. The van der Waals surface area contributed by atoms with Crippen LogP contribution in [0.25, 0.3) is 0 Å². The minimum atomic E-state index is -0.105. The largest absolute Gasteiger partial charge is 0.359 e. The molecule has 7 nitrogen and oxygen atoms in total. The third-order valence-electron chi connectivity index (χ3n) is 5.30. The Kier molecular flexibility index (Phi) is 6.32. The molecule has 2 fully saturated rings. The Bertz CT molecular complexity index is 689. The molecule has 2 aliphatic heterocycles. The number of nitrogens with one attached hydrogen (secondary N) is 2. The third-order valence-corrected chi connectivity index (χ3v) is 5.30. The van der Waals surface area contributed by atoms with E-state index in [9.17, 15) is 14.4 Å². The quantitative estimate of drug-likeness (QED) is 0.827. The minimum absolute atomic E-state index is 0.0392. The van der Waals surface area contributed by atoms with Crippen LogP contribution in [0, 0.1) is 5.92 Å². The Morgan fingerprint density at radius 2 is 1.93 bits per heavy atom. The van der Waals surface area contributed by atoms with Gasteiger partial charge in [0.1, 0.15) is 0 Å². The van der Waals surface area contributed by atoms with Crippen molar-refractivity contribution in [3.8, 4) is 0 Å². The van der Waals surface area contributed by atoms with Crippen molar-refractivity contribution in [2.45, 2.75) is 32.1 Å². The van der Waals surface area contributed by atoms with Crippen LogP contribution in [0.5, 0.6) is 0 Å². The van der Waals surface area contributed by atoms with Crippen LogP contribution in [0.4, 0.5) is 10.5 Å². The maximum atomic E-state index is 12.6. The minimum Gasteiger partial charge on any atom is -0.359 e. The highest BCUT2D eigenvalue weighted by molar-refractivity contribution is 5.89. The van der Waals surface area contributed by atoms with Crippen LogP contribution in [0.3, 0.4) is 0 Å². The molecule has 0 unspecified atom stereocenters. The van der Waals surface area contributed by atoms with E-state index in [0.717, 1.165) is 50.1 Å². The van der Waals surface area contributed by atoms with Crippen molar-refractivity contribution in [1.29, 1.82) is 0 Å². The van der Waals surface area contributed by atoms with E-state index in [0.29, 0.717) is 25.3 Å². The van der Waals surface area contributed by atoms with E-state index in [4.69, 9.17) is 0 Å². The zero-order valence-corrected chi connectivity index (χ0v) is 15.9. The zero-order valence-electron chi connectivity index (χ0n) is 15.9. The van der Waals surface area contributed by atoms with Gasteiger partial charge in [-0.3, -0.25) is 9.59 Å². The molecule has 1 aromatic carbocycles. The van der Waals surface area contributed by atoms with Crippen LogP contribution in [0.1, 0.15) is 31.2 Å². The number of piperidine rings is 1. The number of urea groups is 1. The average molecular weight is 372 g/mol. The summed E-state index contributed by atoms with van der Waals surface area (Å²) in [6.45, 7) is 3.04. The summed E-state index contributed by atoms with van der Waals surface area (Å²) in [5, 5.41) is 5.53. The summed E-state index contributed by atoms with van der Waals surface area (Å²) < 4.78 is 0. The summed E-state index contributed by atoms with van der Waals surface area (Å²) in [6.07, 6.45) is 3.96. The summed E-state index contributed by atoms with van der Waals surface area (Å²) in [5.74, 6) is 0.553.